The standard InChI is InChI=1S/C21H24N4O3/c26-20-17-5-6-24(12-15-11-16-3-1-2-4-19(16)28-14-15)13-18(17)22-21(23-20)25-7-9-27-10-8-25/h1-4,11H,5-10,12-14H2,(H,22,23,26). The van der Waals surface area contributed by atoms with Crippen LogP contribution in [-0.4, -0.2) is 60.9 Å². The van der Waals surface area contributed by atoms with Gasteiger partial charge in [-0.15, -0.1) is 0 Å². The van der Waals surface area contributed by atoms with Crippen molar-refractivity contribution in [3.63, 3.8) is 0 Å². The molecule has 3 aliphatic heterocycles. The zero-order valence-corrected chi connectivity index (χ0v) is 15.8. The maximum Gasteiger partial charge on any atom is 0.255 e. The fourth-order valence-corrected chi connectivity index (χ4v) is 4.08. The molecule has 5 rings (SSSR count). The molecule has 1 aromatic carbocycles. The Morgan fingerprint density at radius 2 is 2.00 bits per heavy atom. The van der Waals surface area contributed by atoms with E-state index in [2.05, 4.69) is 26.9 Å². The molecule has 28 heavy (non-hydrogen) atoms. The highest BCUT2D eigenvalue weighted by atomic mass is 16.5. The van der Waals surface area contributed by atoms with Gasteiger partial charge in [0.25, 0.3) is 5.56 Å². The Kier molecular flexibility index (Phi) is 4.62. The molecule has 1 fully saturated rings. The smallest absolute Gasteiger partial charge is 0.255 e. The lowest BCUT2D eigenvalue weighted by atomic mass is 10.0. The van der Waals surface area contributed by atoms with Crippen molar-refractivity contribution in [2.75, 3.05) is 50.9 Å². The van der Waals surface area contributed by atoms with Gasteiger partial charge in [-0.25, -0.2) is 4.98 Å². The van der Waals surface area contributed by atoms with Crippen LogP contribution in [-0.2, 0) is 17.7 Å². The second-order valence-electron chi connectivity index (χ2n) is 7.50. The second kappa shape index (κ2) is 7.41. The van der Waals surface area contributed by atoms with E-state index in [0.717, 1.165) is 55.2 Å². The quantitative estimate of drug-likeness (QED) is 0.869. The Labute approximate surface area is 163 Å². The van der Waals surface area contributed by atoms with E-state index in [1.54, 1.807) is 0 Å². The molecular weight excluding hydrogens is 356 g/mol. The normalized spacial score (nSPS) is 19.4. The molecule has 1 aromatic heterocycles. The molecule has 0 unspecified atom stereocenters. The van der Waals surface area contributed by atoms with E-state index < -0.39 is 0 Å². The number of anilines is 1. The summed E-state index contributed by atoms with van der Waals surface area (Å²) in [6.07, 6.45) is 2.95. The molecule has 146 valence electrons. The molecule has 0 bridgehead atoms. The van der Waals surface area contributed by atoms with Crippen LogP contribution in [0.2, 0.25) is 0 Å². The van der Waals surface area contributed by atoms with E-state index in [1.165, 1.54) is 5.57 Å². The van der Waals surface area contributed by atoms with Crippen LogP contribution < -0.4 is 15.2 Å². The van der Waals surface area contributed by atoms with Gasteiger partial charge in [-0.3, -0.25) is 14.7 Å². The minimum absolute atomic E-state index is 0.000263. The highest BCUT2D eigenvalue weighted by Crippen LogP contribution is 2.27. The molecule has 0 atom stereocenters. The number of para-hydroxylation sites is 1. The summed E-state index contributed by atoms with van der Waals surface area (Å²) in [5, 5.41) is 0. The van der Waals surface area contributed by atoms with Gasteiger partial charge < -0.3 is 14.4 Å². The molecule has 2 aromatic rings. The first-order valence-corrected chi connectivity index (χ1v) is 9.85. The van der Waals surface area contributed by atoms with Gasteiger partial charge in [0.05, 0.1) is 18.9 Å². The number of benzene rings is 1. The first kappa shape index (κ1) is 17.5. The Hall–Kier alpha value is -2.64. The van der Waals surface area contributed by atoms with Gasteiger partial charge >= 0.3 is 0 Å². The van der Waals surface area contributed by atoms with Crippen LogP contribution in [0, 0.1) is 0 Å². The largest absolute Gasteiger partial charge is 0.489 e. The topological polar surface area (TPSA) is 70.7 Å². The lowest BCUT2D eigenvalue weighted by Crippen LogP contribution is -2.41. The van der Waals surface area contributed by atoms with E-state index in [9.17, 15) is 4.79 Å². The van der Waals surface area contributed by atoms with Crippen molar-refractivity contribution in [2.45, 2.75) is 13.0 Å². The van der Waals surface area contributed by atoms with Crippen LogP contribution in [0.5, 0.6) is 5.75 Å². The number of nitrogens with one attached hydrogen (secondary N) is 1. The Balaban J connectivity index is 1.34. The molecule has 3 aliphatic rings. The van der Waals surface area contributed by atoms with Crippen molar-refractivity contribution in [1.82, 2.24) is 14.9 Å². The van der Waals surface area contributed by atoms with E-state index in [4.69, 9.17) is 14.5 Å². The summed E-state index contributed by atoms with van der Waals surface area (Å²) in [7, 11) is 0. The Bertz CT molecular complexity index is 962. The average Bonchev–Trinajstić information content (AvgIpc) is 2.74. The van der Waals surface area contributed by atoms with Gasteiger partial charge in [-0.1, -0.05) is 18.2 Å². The maximum atomic E-state index is 12.6. The number of hydrogen-bond donors (Lipinski definition) is 1. The highest BCUT2D eigenvalue weighted by molar-refractivity contribution is 5.62. The monoisotopic (exact) mass is 380 g/mol. The molecule has 1 saturated heterocycles. The fourth-order valence-electron chi connectivity index (χ4n) is 4.08. The average molecular weight is 380 g/mol. The predicted octanol–water partition coefficient (Wildman–Crippen LogP) is 1.44. The number of rotatable bonds is 3. The minimum atomic E-state index is 0.000263. The van der Waals surface area contributed by atoms with Gasteiger partial charge in [0.1, 0.15) is 12.4 Å². The van der Waals surface area contributed by atoms with Gasteiger partial charge in [-0.05, 0) is 24.1 Å². The molecule has 0 radical (unpaired) electrons. The van der Waals surface area contributed by atoms with Crippen molar-refractivity contribution in [3.8, 4) is 5.75 Å². The zero-order valence-electron chi connectivity index (χ0n) is 15.8. The number of fused-ring (bicyclic) bond motifs is 2. The van der Waals surface area contributed by atoms with Crippen molar-refractivity contribution in [3.05, 3.63) is 57.0 Å². The zero-order chi connectivity index (χ0) is 18.9. The van der Waals surface area contributed by atoms with Crippen LogP contribution in [0.1, 0.15) is 16.8 Å². The van der Waals surface area contributed by atoms with E-state index in [-0.39, 0.29) is 5.56 Å². The molecule has 0 saturated carbocycles. The number of hydrogen-bond acceptors (Lipinski definition) is 6. The van der Waals surface area contributed by atoms with E-state index in [0.29, 0.717) is 32.3 Å². The highest BCUT2D eigenvalue weighted by Gasteiger charge is 2.24. The third-order valence-corrected chi connectivity index (χ3v) is 5.57. The fraction of sp³-hybridized carbons (Fsp3) is 0.429. The summed E-state index contributed by atoms with van der Waals surface area (Å²) in [5.74, 6) is 1.61. The first-order valence-electron chi connectivity index (χ1n) is 9.85. The molecule has 0 spiro atoms. The third-order valence-electron chi connectivity index (χ3n) is 5.57. The number of H-pyrrole nitrogens is 1. The SMILES string of the molecule is O=c1[nH]c(N2CCOCC2)nc2c1CCN(CC1=Cc3ccccc3OC1)C2. The lowest BCUT2D eigenvalue weighted by molar-refractivity contribution is 0.122. The van der Waals surface area contributed by atoms with Crippen molar-refractivity contribution in [2.24, 2.45) is 0 Å². The predicted molar refractivity (Wildman–Crippen MR) is 107 cm³/mol. The molecule has 7 nitrogen and oxygen atoms in total. The Morgan fingerprint density at radius 1 is 1.14 bits per heavy atom. The van der Waals surface area contributed by atoms with E-state index in [1.807, 2.05) is 18.2 Å². The van der Waals surface area contributed by atoms with Crippen LogP contribution in [0.3, 0.4) is 0 Å². The number of aromatic amines is 1. The summed E-state index contributed by atoms with van der Waals surface area (Å²) in [4.78, 5) is 24.8. The third kappa shape index (κ3) is 3.43. The summed E-state index contributed by atoms with van der Waals surface area (Å²) in [6, 6.07) is 8.11. The molecule has 0 amide bonds. The van der Waals surface area contributed by atoms with Gasteiger partial charge in [0.2, 0.25) is 5.95 Å². The maximum absolute atomic E-state index is 12.6. The number of morpholine rings is 1. The Morgan fingerprint density at radius 3 is 2.89 bits per heavy atom. The summed E-state index contributed by atoms with van der Waals surface area (Å²) in [5.41, 5.74) is 4.10. The lowest BCUT2D eigenvalue weighted by Gasteiger charge is -2.31. The van der Waals surface area contributed by atoms with Crippen LogP contribution in [0.15, 0.2) is 34.6 Å². The first-order chi connectivity index (χ1) is 13.8. The molecule has 7 heteroatoms. The number of ether oxygens (including phenoxy) is 2. The van der Waals surface area contributed by atoms with Crippen molar-refractivity contribution >= 4 is 12.0 Å². The van der Waals surface area contributed by atoms with Crippen LogP contribution >= 0.6 is 0 Å². The summed E-state index contributed by atoms with van der Waals surface area (Å²) >= 11 is 0. The van der Waals surface area contributed by atoms with Crippen LogP contribution in [0.4, 0.5) is 5.95 Å². The minimum Gasteiger partial charge on any atom is -0.489 e. The molecular formula is C21H24N4O3. The van der Waals surface area contributed by atoms with Gasteiger partial charge in [-0.2, -0.15) is 0 Å². The number of nitrogens with zero attached hydrogens (tertiary/aromatic N) is 3. The molecule has 1 N–H and O–H groups in total. The van der Waals surface area contributed by atoms with Crippen molar-refractivity contribution < 1.29 is 9.47 Å². The molecule has 4 heterocycles. The van der Waals surface area contributed by atoms with Crippen molar-refractivity contribution in [1.29, 1.82) is 0 Å². The summed E-state index contributed by atoms with van der Waals surface area (Å²) < 4.78 is 11.3. The van der Waals surface area contributed by atoms with E-state index >= 15 is 0 Å². The molecule has 0 aliphatic carbocycles. The van der Waals surface area contributed by atoms with Gasteiger partial charge in [0.15, 0.2) is 0 Å². The number of aromatic nitrogens is 2. The summed E-state index contributed by atoms with van der Waals surface area (Å²) in [6.45, 7) is 5.84. The van der Waals surface area contributed by atoms with Crippen LogP contribution in [0.25, 0.3) is 6.08 Å². The van der Waals surface area contributed by atoms with Gasteiger partial charge in [0, 0.05) is 43.9 Å². The second-order valence-corrected chi connectivity index (χ2v) is 7.50.